The highest BCUT2D eigenvalue weighted by Crippen LogP contribution is 2.50. The molecule has 3 rings (SSSR count). The Balaban J connectivity index is 2.24. The molecule has 0 bridgehead atoms. The van der Waals surface area contributed by atoms with Crippen molar-refractivity contribution in [1.29, 1.82) is 0 Å². The number of benzene rings is 1. The van der Waals surface area contributed by atoms with Gasteiger partial charge in [-0.3, -0.25) is 19.3 Å². The first kappa shape index (κ1) is 17.4. The van der Waals surface area contributed by atoms with Crippen molar-refractivity contribution in [3.8, 4) is 0 Å². The van der Waals surface area contributed by atoms with E-state index in [9.17, 15) is 27.6 Å². The van der Waals surface area contributed by atoms with Gasteiger partial charge >= 0.3 is 12.1 Å². The molecule has 25 heavy (non-hydrogen) atoms. The van der Waals surface area contributed by atoms with Crippen LogP contribution in [0, 0.1) is 11.8 Å². The highest BCUT2D eigenvalue weighted by atomic mass is 19.4. The van der Waals surface area contributed by atoms with E-state index in [1.807, 2.05) is 0 Å². The minimum Gasteiger partial charge on any atom is -0.468 e. The topological polar surface area (TPSA) is 63.7 Å². The van der Waals surface area contributed by atoms with Gasteiger partial charge in [-0.2, -0.15) is 13.2 Å². The van der Waals surface area contributed by atoms with Crippen LogP contribution in [-0.4, -0.2) is 36.8 Å². The fourth-order valence-electron chi connectivity index (χ4n) is 4.03. The Hall–Kier alpha value is -2.38. The van der Waals surface area contributed by atoms with Gasteiger partial charge in [0.1, 0.15) is 5.41 Å². The summed E-state index contributed by atoms with van der Waals surface area (Å²) in [7, 11) is 2.46. The molecular weight excluding hydrogens is 339 g/mol. The van der Waals surface area contributed by atoms with Crippen LogP contribution in [0.1, 0.15) is 23.6 Å². The number of hydrogen-bond donors (Lipinski definition) is 0. The zero-order valence-electron chi connectivity index (χ0n) is 13.8. The second-order valence-corrected chi connectivity index (χ2v) is 6.59. The number of methoxy groups -OCH3 is 1. The van der Waals surface area contributed by atoms with Crippen molar-refractivity contribution in [3.05, 3.63) is 34.9 Å². The van der Waals surface area contributed by atoms with Gasteiger partial charge in [0.25, 0.3) is 0 Å². The normalized spacial score (nSPS) is 28.6. The second-order valence-electron chi connectivity index (χ2n) is 6.59. The van der Waals surface area contributed by atoms with Gasteiger partial charge < -0.3 is 4.74 Å². The molecule has 1 fully saturated rings. The van der Waals surface area contributed by atoms with E-state index in [4.69, 9.17) is 4.74 Å². The first-order chi connectivity index (χ1) is 11.5. The van der Waals surface area contributed by atoms with Crippen molar-refractivity contribution >= 4 is 17.8 Å². The van der Waals surface area contributed by atoms with Crippen LogP contribution in [0.5, 0.6) is 0 Å². The lowest BCUT2D eigenvalue weighted by atomic mass is 9.60. The third-order valence-electron chi connectivity index (χ3n) is 5.31. The van der Waals surface area contributed by atoms with Crippen molar-refractivity contribution in [3.63, 3.8) is 0 Å². The van der Waals surface area contributed by atoms with Crippen LogP contribution in [0.2, 0.25) is 0 Å². The van der Waals surface area contributed by atoms with E-state index in [0.29, 0.717) is 5.56 Å². The van der Waals surface area contributed by atoms with Crippen LogP contribution in [0.4, 0.5) is 13.2 Å². The van der Waals surface area contributed by atoms with E-state index in [1.165, 1.54) is 20.0 Å². The number of carbonyl (C=O) groups excluding carboxylic acids is 3. The zero-order valence-corrected chi connectivity index (χ0v) is 13.8. The number of alkyl halides is 3. The first-order valence-electron chi connectivity index (χ1n) is 7.64. The average molecular weight is 355 g/mol. The number of rotatable bonds is 1. The molecule has 8 heteroatoms. The third kappa shape index (κ3) is 2.26. The lowest BCUT2D eigenvalue weighted by molar-refractivity contribution is -0.154. The molecule has 0 unspecified atom stereocenters. The molecule has 1 aliphatic heterocycles. The maximum atomic E-state index is 13.0. The Morgan fingerprint density at radius 1 is 1.28 bits per heavy atom. The molecule has 2 amide bonds. The number of ether oxygens (including phenoxy) is 1. The van der Waals surface area contributed by atoms with E-state index in [0.717, 1.165) is 24.1 Å². The standard InChI is InChI=1S/C17H16F3NO4/c1-16(15(24)25-3)11-5-4-9(17(18,19)20)6-8(11)7-10-12(16)14(23)21(2)13(10)22/h4-6,10,12H,7H2,1-3H3/t10-,12+,16-/m1/s1. The third-order valence-corrected chi connectivity index (χ3v) is 5.31. The van der Waals surface area contributed by atoms with Gasteiger partial charge in [-0.15, -0.1) is 0 Å². The Labute approximate surface area is 141 Å². The number of imide groups is 1. The maximum Gasteiger partial charge on any atom is 0.416 e. The van der Waals surface area contributed by atoms with E-state index >= 15 is 0 Å². The molecular formula is C17H16F3NO4. The van der Waals surface area contributed by atoms with Crippen molar-refractivity contribution in [1.82, 2.24) is 4.90 Å². The van der Waals surface area contributed by atoms with Gasteiger partial charge in [-0.25, -0.2) is 0 Å². The van der Waals surface area contributed by atoms with Crippen LogP contribution in [0.3, 0.4) is 0 Å². The minimum absolute atomic E-state index is 0.0224. The summed E-state index contributed by atoms with van der Waals surface area (Å²) in [5, 5.41) is 0. The highest BCUT2D eigenvalue weighted by Gasteiger charge is 2.61. The number of esters is 1. The molecule has 2 aliphatic rings. The maximum absolute atomic E-state index is 13.0. The number of nitrogens with zero attached hydrogens (tertiary/aromatic N) is 1. The largest absolute Gasteiger partial charge is 0.468 e. The molecule has 0 radical (unpaired) electrons. The lowest BCUT2D eigenvalue weighted by Crippen LogP contribution is -2.50. The van der Waals surface area contributed by atoms with Crippen molar-refractivity contribution < 1.29 is 32.3 Å². The number of likely N-dealkylation sites (tertiary alicyclic amines) is 1. The Kier molecular flexibility index (Phi) is 3.70. The molecule has 0 saturated carbocycles. The molecule has 0 aromatic heterocycles. The fraction of sp³-hybridized carbons (Fsp3) is 0.471. The Morgan fingerprint density at radius 3 is 2.48 bits per heavy atom. The summed E-state index contributed by atoms with van der Waals surface area (Å²) in [6.45, 7) is 1.45. The summed E-state index contributed by atoms with van der Waals surface area (Å²) < 4.78 is 43.9. The SMILES string of the molecule is COC(=O)[C@]1(C)c2ccc(C(F)(F)F)cc2C[C@H]2C(=O)N(C)C(=O)[C@H]21. The van der Waals surface area contributed by atoms with Crippen molar-refractivity contribution in [2.24, 2.45) is 11.8 Å². The van der Waals surface area contributed by atoms with Crippen LogP contribution < -0.4 is 0 Å². The van der Waals surface area contributed by atoms with E-state index in [2.05, 4.69) is 0 Å². The van der Waals surface area contributed by atoms with Crippen LogP contribution >= 0.6 is 0 Å². The average Bonchev–Trinajstić information content (AvgIpc) is 2.77. The second kappa shape index (κ2) is 5.31. The van der Waals surface area contributed by atoms with Gasteiger partial charge in [-0.05, 0) is 36.6 Å². The molecule has 1 aromatic carbocycles. The molecule has 1 aromatic rings. The summed E-state index contributed by atoms with van der Waals surface area (Å²) in [5.74, 6) is -3.62. The smallest absolute Gasteiger partial charge is 0.416 e. The van der Waals surface area contributed by atoms with Gasteiger partial charge in [0, 0.05) is 7.05 Å². The Morgan fingerprint density at radius 2 is 1.92 bits per heavy atom. The quantitative estimate of drug-likeness (QED) is 0.570. The van der Waals surface area contributed by atoms with Crippen LogP contribution in [-0.2, 0) is 37.1 Å². The molecule has 5 nitrogen and oxygen atoms in total. The van der Waals surface area contributed by atoms with Gasteiger partial charge in [0.05, 0.1) is 24.5 Å². The molecule has 1 aliphatic carbocycles. The first-order valence-corrected chi connectivity index (χ1v) is 7.64. The lowest BCUT2D eigenvalue weighted by Gasteiger charge is -2.40. The van der Waals surface area contributed by atoms with Crippen LogP contribution in [0.25, 0.3) is 0 Å². The number of amides is 2. The summed E-state index contributed by atoms with van der Waals surface area (Å²) in [5.41, 5.74) is -1.85. The molecule has 1 saturated heterocycles. The molecule has 1 heterocycles. The number of hydrogen-bond acceptors (Lipinski definition) is 4. The van der Waals surface area contributed by atoms with E-state index in [-0.39, 0.29) is 12.0 Å². The van der Waals surface area contributed by atoms with Crippen molar-refractivity contribution in [2.45, 2.75) is 24.9 Å². The molecule has 0 N–H and O–H groups in total. The Bertz CT molecular complexity index is 789. The summed E-state index contributed by atoms with van der Waals surface area (Å²) >= 11 is 0. The molecule has 134 valence electrons. The van der Waals surface area contributed by atoms with E-state index < -0.39 is 46.8 Å². The summed E-state index contributed by atoms with van der Waals surface area (Å²) in [4.78, 5) is 38.4. The minimum atomic E-state index is -4.54. The van der Waals surface area contributed by atoms with Crippen molar-refractivity contribution in [2.75, 3.05) is 14.2 Å². The highest BCUT2D eigenvalue weighted by molar-refractivity contribution is 6.09. The summed E-state index contributed by atoms with van der Waals surface area (Å²) in [6.07, 6.45) is -4.56. The van der Waals surface area contributed by atoms with Crippen LogP contribution in [0.15, 0.2) is 18.2 Å². The number of carbonyl (C=O) groups is 3. The number of fused-ring (bicyclic) bond motifs is 2. The molecule has 0 spiro atoms. The predicted octanol–water partition coefficient (Wildman–Crippen LogP) is 1.92. The van der Waals surface area contributed by atoms with Gasteiger partial charge in [0.15, 0.2) is 0 Å². The monoisotopic (exact) mass is 355 g/mol. The predicted molar refractivity (Wildman–Crippen MR) is 79.3 cm³/mol. The van der Waals surface area contributed by atoms with Gasteiger partial charge in [-0.1, -0.05) is 6.07 Å². The molecule has 3 atom stereocenters. The summed E-state index contributed by atoms with van der Waals surface area (Å²) in [6, 6.07) is 3.04. The zero-order chi connectivity index (χ0) is 18.7. The van der Waals surface area contributed by atoms with Gasteiger partial charge in [0.2, 0.25) is 11.8 Å². The number of halogens is 3. The fourth-order valence-corrected chi connectivity index (χ4v) is 4.03. The van der Waals surface area contributed by atoms with E-state index in [1.54, 1.807) is 0 Å².